The molecule has 0 spiro atoms. The summed E-state index contributed by atoms with van der Waals surface area (Å²) >= 11 is 0. The maximum atomic E-state index is 4.36. The van der Waals surface area contributed by atoms with Gasteiger partial charge >= 0.3 is 0 Å². The molecule has 0 radical (unpaired) electrons. The number of hydrogen-bond acceptors (Lipinski definition) is 4. The van der Waals surface area contributed by atoms with E-state index in [1.54, 1.807) is 6.20 Å². The van der Waals surface area contributed by atoms with Crippen molar-refractivity contribution < 1.29 is 0 Å². The van der Waals surface area contributed by atoms with E-state index in [1.807, 2.05) is 19.1 Å². The molecule has 0 saturated heterocycles. The molecule has 106 valence electrons. The average molecular weight is 270 g/mol. The molecule has 0 aliphatic heterocycles. The third-order valence-corrected chi connectivity index (χ3v) is 3.05. The molecule has 0 fully saturated rings. The highest BCUT2D eigenvalue weighted by Crippen LogP contribution is 2.05. The van der Waals surface area contributed by atoms with Crippen molar-refractivity contribution in [1.82, 2.24) is 14.9 Å². The van der Waals surface area contributed by atoms with E-state index < -0.39 is 0 Å². The molecular formula is C16H22N4. The first-order valence-corrected chi connectivity index (χ1v) is 6.92. The number of aryl methyl sites for hydroxylation is 1. The van der Waals surface area contributed by atoms with E-state index in [0.29, 0.717) is 12.0 Å². The Morgan fingerprint density at radius 3 is 2.65 bits per heavy atom. The maximum Gasteiger partial charge on any atom is 0.223 e. The van der Waals surface area contributed by atoms with Gasteiger partial charge in [0.15, 0.2) is 0 Å². The Balaban J connectivity index is 1.83. The monoisotopic (exact) mass is 270 g/mol. The van der Waals surface area contributed by atoms with Gasteiger partial charge < -0.3 is 10.2 Å². The molecule has 20 heavy (non-hydrogen) atoms. The summed E-state index contributed by atoms with van der Waals surface area (Å²) in [7, 11) is 2.13. The molecule has 0 saturated carbocycles. The molecule has 1 unspecified atom stereocenters. The lowest BCUT2D eigenvalue weighted by molar-refractivity contribution is 0.316. The molecule has 0 amide bonds. The van der Waals surface area contributed by atoms with Crippen molar-refractivity contribution in [3.05, 3.63) is 53.9 Å². The number of anilines is 1. The summed E-state index contributed by atoms with van der Waals surface area (Å²) in [6.07, 6.45) is 1.78. The van der Waals surface area contributed by atoms with E-state index >= 15 is 0 Å². The summed E-state index contributed by atoms with van der Waals surface area (Å²) in [4.78, 5) is 10.9. The molecule has 0 bridgehead atoms. The van der Waals surface area contributed by atoms with Gasteiger partial charge in [-0.2, -0.15) is 0 Å². The normalized spacial score (nSPS) is 12.4. The fourth-order valence-corrected chi connectivity index (χ4v) is 2.21. The van der Waals surface area contributed by atoms with Crippen molar-refractivity contribution in [3.8, 4) is 0 Å². The molecule has 4 nitrogen and oxygen atoms in total. The number of aromatic nitrogens is 2. The molecule has 2 aromatic rings. The van der Waals surface area contributed by atoms with Crippen LogP contribution in [0.25, 0.3) is 0 Å². The Morgan fingerprint density at radius 2 is 1.95 bits per heavy atom. The van der Waals surface area contributed by atoms with Crippen LogP contribution in [0.5, 0.6) is 0 Å². The Hall–Kier alpha value is -1.94. The minimum Gasteiger partial charge on any atom is -0.350 e. The van der Waals surface area contributed by atoms with Crippen LogP contribution < -0.4 is 5.32 Å². The fraction of sp³-hybridized carbons (Fsp3) is 0.375. The van der Waals surface area contributed by atoms with Gasteiger partial charge in [-0.3, -0.25) is 0 Å². The third-order valence-electron chi connectivity index (χ3n) is 3.05. The van der Waals surface area contributed by atoms with Crippen LogP contribution in [0.15, 0.2) is 42.6 Å². The zero-order valence-corrected chi connectivity index (χ0v) is 12.4. The second kappa shape index (κ2) is 7.01. The number of benzene rings is 1. The lowest BCUT2D eigenvalue weighted by Gasteiger charge is -2.22. The molecule has 0 aliphatic rings. The van der Waals surface area contributed by atoms with Gasteiger partial charge in [-0.25, -0.2) is 9.97 Å². The molecule has 4 heteroatoms. The quantitative estimate of drug-likeness (QED) is 0.876. The van der Waals surface area contributed by atoms with Crippen molar-refractivity contribution in [2.24, 2.45) is 0 Å². The molecule has 1 atom stereocenters. The molecule has 2 rings (SSSR count). The number of nitrogens with zero attached hydrogens (tertiary/aromatic N) is 3. The highest BCUT2D eigenvalue weighted by molar-refractivity contribution is 5.26. The molecule has 0 aliphatic carbocycles. The van der Waals surface area contributed by atoms with Crippen molar-refractivity contribution >= 4 is 5.95 Å². The fourth-order valence-electron chi connectivity index (χ4n) is 2.21. The van der Waals surface area contributed by atoms with Gasteiger partial charge in [0.05, 0.1) is 0 Å². The van der Waals surface area contributed by atoms with Crippen LogP contribution in [0.4, 0.5) is 5.95 Å². The molecular weight excluding hydrogens is 248 g/mol. The number of rotatable bonds is 6. The van der Waals surface area contributed by atoms with E-state index in [9.17, 15) is 0 Å². The molecule has 1 N–H and O–H groups in total. The smallest absolute Gasteiger partial charge is 0.223 e. The highest BCUT2D eigenvalue weighted by atomic mass is 15.2. The zero-order valence-electron chi connectivity index (χ0n) is 12.4. The molecule has 1 heterocycles. The first-order valence-electron chi connectivity index (χ1n) is 6.92. The van der Waals surface area contributed by atoms with Crippen LogP contribution in [-0.4, -0.2) is 34.5 Å². The van der Waals surface area contributed by atoms with Gasteiger partial charge in [-0.05, 0) is 32.5 Å². The Labute approximate surface area is 120 Å². The van der Waals surface area contributed by atoms with Gasteiger partial charge in [-0.15, -0.1) is 0 Å². The predicted molar refractivity (Wildman–Crippen MR) is 82.6 cm³/mol. The first-order chi connectivity index (χ1) is 9.63. The van der Waals surface area contributed by atoms with Crippen LogP contribution in [0.2, 0.25) is 0 Å². The Morgan fingerprint density at radius 1 is 1.20 bits per heavy atom. The van der Waals surface area contributed by atoms with Gasteiger partial charge in [0.1, 0.15) is 0 Å². The van der Waals surface area contributed by atoms with Crippen molar-refractivity contribution in [3.63, 3.8) is 0 Å². The summed E-state index contributed by atoms with van der Waals surface area (Å²) in [6, 6.07) is 12.7. The van der Waals surface area contributed by atoms with Gasteiger partial charge in [0, 0.05) is 31.0 Å². The van der Waals surface area contributed by atoms with Crippen LogP contribution in [0.1, 0.15) is 18.2 Å². The number of hydrogen-bond donors (Lipinski definition) is 1. The summed E-state index contributed by atoms with van der Waals surface area (Å²) in [5, 5.41) is 3.34. The zero-order chi connectivity index (χ0) is 14.4. The van der Waals surface area contributed by atoms with Crippen LogP contribution in [0.3, 0.4) is 0 Å². The van der Waals surface area contributed by atoms with E-state index in [1.165, 1.54) is 5.56 Å². The Bertz CT molecular complexity index is 527. The Kier molecular flexibility index (Phi) is 5.07. The number of nitrogens with one attached hydrogen (secondary N) is 1. The summed E-state index contributed by atoms with van der Waals surface area (Å²) < 4.78 is 0. The first kappa shape index (κ1) is 14.5. The van der Waals surface area contributed by atoms with Crippen LogP contribution in [0, 0.1) is 6.92 Å². The van der Waals surface area contributed by atoms with E-state index in [0.717, 1.165) is 18.8 Å². The molecule has 1 aromatic heterocycles. The second-order valence-corrected chi connectivity index (χ2v) is 5.25. The molecule has 1 aromatic carbocycles. The van der Waals surface area contributed by atoms with E-state index in [4.69, 9.17) is 0 Å². The second-order valence-electron chi connectivity index (χ2n) is 5.25. The van der Waals surface area contributed by atoms with Crippen molar-refractivity contribution in [2.45, 2.75) is 26.4 Å². The van der Waals surface area contributed by atoms with Crippen molar-refractivity contribution in [2.75, 3.05) is 18.9 Å². The SMILES string of the molecule is Cc1ccnc(NC(C)CN(C)Cc2ccccc2)n1. The van der Waals surface area contributed by atoms with Crippen molar-refractivity contribution in [1.29, 1.82) is 0 Å². The van der Waals surface area contributed by atoms with Crippen LogP contribution in [-0.2, 0) is 6.54 Å². The van der Waals surface area contributed by atoms with Gasteiger partial charge in [0.25, 0.3) is 0 Å². The number of likely N-dealkylation sites (N-methyl/N-ethyl adjacent to an activating group) is 1. The largest absolute Gasteiger partial charge is 0.350 e. The summed E-state index contributed by atoms with van der Waals surface area (Å²) in [5.74, 6) is 0.700. The van der Waals surface area contributed by atoms with E-state index in [-0.39, 0.29) is 0 Å². The summed E-state index contributed by atoms with van der Waals surface area (Å²) in [5.41, 5.74) is 2.31. The average Bonchev–Trinajstić information content (AvgIpc) is 2.39. The minimum absolute atomic E-state index is 0.297. The lowest BCUT2D eigenvalue weighted by Crippen LogP contribution is -2.32. The van der Waals surface area contributed by atoms with E-state index in [2.05, 4.69) is 58.4 Å². The van der Waals surface area contributed by atoms with Gasteiger partial charge in [0.2, 0.25) is 5.95 Å². The standard InChI is InChI=1S/C16H22N4/c1-13-9-10-17-16(18-13)19-14(2)11-20(3)12-15-7-5-4-6-8-15/h4-10,14H,11-12H2,1-3H3,(H,17,18,19). The topological polar surface area (TPSA) is 41.1 Å². The summed E-state index contributed by atoms with van der Waals surface area (Å²) in [6.45, 7) is 6.00. The predicted octanol–water partition coefficient (Wildman–Crippen LogP) is 2.72. The minimum atomic E-state index is 0.297. The lowest BCUT2D eigenvalue weighted by atomic mass is 10.2. The third kappa shape index (κ3) is 4.63. The van der Waals surface area contributed by atoms with Crippen LogP contribution >= 0.6 is 0 Å². The maximum absolute atomic E-state index is 4.36. The van der Waals surface area contributed by atoms with Gasteiger partial charge in [-0.1, -0.05) is 30.3 Å². The highest BCUT2D eigenvalue weighted by Gasteiger charge is 2.08.